The van der Waals surface area contributed by atoms with Crippen LogP contribution < -0.4 is 10.4 Å². The van der Waals surface area contributed by atoms with Crippen molar-refractivity contribution in [2.45, 2.75) is 0 Å². The number of rotatable bonds is 5. The lowest BCUT2D eigenvalue weighted by molar-refractivity contribution is 0.0967. The smallest absolute Gasteiger partial charge is 0.340 e. The molecule has 0 bridgehead atoms. The van der Waals surface area contributed by atoms with Crippen molar-refractivity contribution in [3.05, 3.63) is 125 Å². The molecule has 34 heavy (non-hydrogen) atoms. The van der Waals surface area contributed by atoms with Crippen molar-refractivity contribution in [3.8, 4) is 22.7 Å². The van der Waals surface area contributed by atoms with Crippen LogP contribution in [-0.2, 0) is 0 Å². The topological polar surface area (TPSA) is 53.2 Å². The molecule has 0 aliphatic carbocycles. The molecule has 1 aromatic heterocycles. The molecule has 4 aromatic carbocycles. The second-order valence-electron chi connectivity index (χ2n) is 7.84. The van der Waals surface area contributed by atoms with Crippen LogP contribution in [0.3, 0.4) is 0 Å². The normalized spacial score (nSPS) is 11.2. The summed E-state index contributed by atoms with van der Waals surface area (Å²) < 4.78 is 7.90. The third kappa shape index (κ3) is 4.07. The Morgan fingerprint density at radius 3 is 2.26 bits per heavy atom. The number of para-hydroxylation sites is 1. The van der Waals surface area contributed by atoms with Gasteiger partial charge in [-0.3, -0.25) is 9.36 Å². The third-order valence-electron chi connectivity index (χ3n) is 5.72. The SMILES string of the molecule is COc1ccc(/C=C/C(=O)n2c(-c3ccc4ccccc4c3)cn(-c3ccccc3)c2=O)cc1. The van der Waals surface area contributed by atoms with Crippen molar-refractivity contribution >= 4 is 22.8 Å². The molecular weight excluding hydrogens is 424 g/mol. The number of hydrogen-bond acceptors (Lipinski definition) is 3. The van der Waals surface area contributed by atoms with Crippen molar-refractivity contribution in [2.75, 3.05) is 7.11 Å². The van der Waals surface area contributed by atoms with E-state index < -0.39 is 11.6 Å². The van der Waals surface area contributed by atoms with Crippen molar-refractivity contribution in [2.24, 2.45) is 0 Å². The van der Waals surface area contributed by atoms with E-state index in [1.807, 2.05) is 97.1 Å². The van der Waals surface area contributed by atoms with E-state index in [1.165, 1.54) is 15.2 Å². The summed E-state index contributed by atoms with van der Waals surface area (Å²) >= 11 is 0. The summed E-state index contributed by atoms with van der Waals surface area (Å²) in [4.78, 5) is 26.7. The van der Waals surface area contributed by atoms with Gasteiger partial charge in [-0.2, -0.15) is 0 Å². The molecule has 166 valence electrons. The van der Waals surface area contributed by atoms with Gasteiger partial charge in [0, 0.05) is 17.8 Å². The molecule has 0 spiro atoms. The van der Waals surface area contributed by atoms with Crippen molar-refractivity contribution in [1.29, 1.82) is 0 Å². The number of imidazole rings is 1. The first-order valence-corrected chi connectivity index (χ1v) is 10.9. The molecule has 0 atom stereocenters. The lowest BCUT2D eigenvalue weighted by Crippen LogP contribution is -2.27. The van der Waals surface area contributed by atoms with Crippen LogP contribution in [0.4, 0.5) is 0 Å². The highest BCUT2D eigenvalue weighted by Crippen LogP contribution is 2.25. The van der Waals surface area contributed by atoms with E-state index >= 15 is 0 Å². The summed E-state index contributed by atoms with van der Waals surface area (Å²) in [7, 11) is 1.60. The van der Waals surface area contributed by atoms with Gasteiger partial charge in [-0.15, -0.1) is 0 Å². The molecule has 1 heterocycles. The predicted octanol–water partition coefficient (Wildman–Crippen LogP) is 5.82. The third-order valence-corrected chi connectivity index (χ3v) is 5.72. The zero-order valence-electron chi connectivity index (χ0n) is 18.6. The number of allylic oxidation sites excluding steroid dienone is 1. The minimum absolute atomic E-state index is 0.418. The molecule has 0 unspecified atom stereocenters. The maximum atomic E-state index is 13.4. The second kappa shape index (κ2) is 9.08. The summed E-state index contributed by atoms with van der Waals surface area (Å²) in [5.74, 6) is 0.317. The van der Waals surface area contributed by atoms with Crippen molar-refractivity contribution in [1.82, 2.24) is 9.13 Å². The first-order valence-electron chi connectivity index (χ1n) is 10.9. The van der Waals surface area contributed by atoms with Gasteiger partial charge in [0.25, 0.3) is 5.91 Å². The van der Waals surface area contributed by atoms with Gasteiger partial charge in [0.15, 0.2) is 0 Å². The van der Waals surface area contributed by atoms with Gasteiger partial charge in [0.2, 0.25) is 0 Å². The van der Waals surface area contributed by atoms with Crippen LogP contribution >= 0.6 is 0 Å². The number of hydrogen-bond donors (Lipinski definition) is 0. The summed E-state index contributed by atoms with van der Waals surface area (Å²) in [5, 5.41) is 2.13. The van der Waals surface area contributed by atoms with Crippen LogP contribution in [0.25, 0.3) is 33.8 Å². The van der Waals surface area contributed by atoms with E-state index in [1.54, 1.807) is 19.4 Å². The molecule has 5 rings (SSSR count). The van der Waals surface area contributed by atoms with Gasteiger partial charge in [-0.05, 0) is 52.7 Å². The van der Waals surface area contributed by atoms with E-state index in [0.29, 0.717) is 11.4 Å². The minimum atomic E-state index is -0.418. The number of benzene rings is 4. The largest absolute Gasteiger partial charge is 0.497 e. The molecular formula is C29H22N2O3. The fraction of sp³-hybridized carbons (Fsp3) is 0.0345. The number of fused-ring (bicyclic) bond motifs is 1. The molecule has 0 aliphatic rings. The molecule has 0 saturated carbocycles. The van der Waals surface area contributed by atoms with E-state index in [4.69, 9.17) is 4.74 Å². The second-order valence-corrected chi connectivity index (χ2v) is 7.84. The van der Waals surface area contributed by atoms with Crippen molar-refractivity contribution in [3.63, 3.8) is 0 Å². The minimum Gasteiger partial charge on any atom is -0.497 e. The van der Waals surface area contributed by atoms with Gasteiger partial charge in [-0.1, -0.05) is 66.7 Å². The maximum absolute atomic E-state index is 13.4. The van der Waals surface area contributed by atoms with E-state index in [2.05, 4.69) is 0 Å². The molecule has 0 amide bonds. The quantitative estimate of drug-likeness (QED) is 0.320. The first-order chi connectivity index (χ1) is 16.6. The van der Waals surface area contributed by atoms with Gasteiger partial charge >= 0.3 is 5.69 Å². The monoisotopic (exact) mass is 446 g/mol. The first kappa shape index (κ1) is 21.2. The fourth-order valence-corrected chi connectivity index (χ4v) is 3.94. The average Bonchev–Trinajstić information content (AvgIpc) is 3.24. The molecule has 0 saturated heterocycles. The highest BCUT2D eigenvalue weighted by atomic mass is 16.5. The van der Waals surface area contributed by atoms with Gasteiger partial charge in [0.05, 0.1) is 18.5 Å². The molecule has 0 radical (unpaired) electrons. The van der Waals surface area contributed by atoms with E-state index in [-0.39, 0.29) is 0 Å². The molecule has 0 N–H and O–H groups in total. The Morgan fingerprint density at radius 2 is 1.53 bits per heavy atom. The molecule has 0 fully saturated rings. The zero-order valence-corrected chi connectivity index (χ0v) is 18.6. The van der Waals surface area contributed by atoms with Gasteiger partial charge < -0.3 is 4.74 Å². The van der Waals surface area contributed by atoms with Gasteiger partial charge in [0.1, 0.15) is 5.75 Å². The highest BCUT2D eigenvalue weighted by molar-refractivity contribution is 5.97. The number of methoxy groups -OCH3 is 1. The van der Waals surface area contributed by atoms with Crippen LogP contribution in [0.5, 0.6) is 5.75 Å². The lowest BCUT2D eigenvalue weighted by Gasteiger charge is -2.06. The van der Waals surface area contributed by atoms with Crippen LogP contribution in [-0.4, -0.2) is 22.2 Å². The summed E-state index contributed by atoms with van der Waals surface area (Å²) in [6.07, 6.45) is 4.84. The van der Waals surface area contributed by atoms with E-state index in [0.717, 1.165) is 27.6 Å². The Labute approximate surface area is 196 Å². The number of carbonyl (C=O) groups is 1. The van der Waals surface area contributed by atoms with Crippen LogP contribution in [0.2, 0.25) is 0 Å². The Kier molecular flexibility index (Phi) is 5.67. The Hall–Kier alpha value is -4.64. The lowest BCUT2D eigenvalue weighted by atomic mass is 10.1. The number of carbonyl (C=O) groups excluding carboxylic acids is 1. The fourth-order valence-electron chi connectivity index (χ4n) is 3.94. The van der Waals surface area contributed by atoms with Crippen LogP contribution in [0, 0.1) is 0 Å². The average molecular weight is 447 g/mol. The zero-order chi connectivity index (χ0) is 23.5. The maximum Gasteiger partial charge on any atom is 0.340 e. The Morgan fingerprint density at radius 1 is 0.824 bits per heavy atom. The Balaban J connectivity index is 1.61. The van der Waals surface area contributed by atoms with Crippen molar-refractivity contribution < 1.29 is 9.53 Å². The van der Waals surface area contributed by atoms with Crippen LogP contribution in [0.15, 0.2) is 114 Å². The Bertz CT molecular complexity index is 1560. The number of aromatic nitrogens is 2. The van der Waals surface area contributed by atoms with E-state index in [9.17, 15) is 9.59 Å². The molecule has 5 nitrogen and oxygen atoms in total. The molecule has 5 aromatic rings. The summed E-state index contributed by atoms with van der Waals surface area (Å²) in [5.41, 5.74) is 2.43. The van der Waals surface area contributed by atoms with Gasteiger partial charge in [-0.25, -0.2) is 9.36 Å². The number of nitrogens with zero attached hydrogens (tertiary/aromatic N) is 2. The molecule has 5 heteroatoms. The standard InChI is InChI=1S/C29H22N2O3/c1-34-26-16-11-21(12-17-26)13-18-28(32)31-27(20-30(29(31)33)25-9-3-2-4-10-25)24-15-14-22-7-5-6-8-23(22)19-24/h2-20H,1H3/b18-13+. The number of ether oxygens (including phenoxy) is 1. The predicted molar refractivity (Wildman–Crippen MR) is 136 cm³/mol. The molecule has 0 aliphatic heterocycles. The summed E-state index contributed by atoms with van der Waals surface area (Å²) in [6.45, 7) is 0. The summed E-state index contributed by atoms with van der Waals surface area (Å²) in [6, 6.07) is 30.6. The van der Waals surface area contributed by atoms with Crippen LogP contribution in [0.1, 0.15) is 10.4 Å². The highest BCUT2D eigenvalue weighted by Gasteiger charge is 2.18.